The summed E-state index contributed by atoms with van der Waals surface area (Å²) >= 11 is 1.72. The number of benzene rings is 1. The van der Waals surface area contributed by atoms with Crippen LogP contribution in [-0.2, 0) is 19.5 Å². The molecule has 2 N–H and O–H groups in total. The van der Waals surface area contributed by atoms with Crippen LogP contribution in [0.3, 0.4) is 0 Å². The van der Waals surface area contributed by atoms with Gasteiger partial charge in [-0.1, -0.05) is 12.1 Å². The number of nitrogens with one attached hydrogen (secondary N) is 2. The highest BCUT2D eigenvalue weighted by atomic mass is 127. The Morgan fingerprint density at radius 2 is 2.00 bits per heavy atom. The van der Waals surface area contributed by atoms with Crippen LogP contribution in [0.15, 0.2) is 40.0 Å². The van der Waals surface area contributed by atoms with E-state index in [-0.39, 0.29) is 24.0 Å². The Morgan fingerprint density at radius 3 is 2.71 bits per heavy atom. The Hall–Kier alpha value is -1.28. The summed E-state index contributed by atoms with van der Waals surface area (Å²) in [4.78, 5) is 6.64. The topological polar surface area (TPSA) is 39.7 Å². The predicted molar refractivity (Wildman–Crippen MR) is 115 cm³/mol. The van der Waals surface area contributed by atoms with Crippen molar-refractivity contribution in [2.24, 2.45) is 4.99 Å². The van der Waals surface area contributed by atoms with Crippen LogP contribution >= 0.6 is 35.3 Å². The number of fused-ring (bicyclic) bond motifs is 1. The average molecular weight is 456 g/mol. The molecule has 24 heavy (non-hydrogen) atoms. The molecule has 0 atom stereocenters. The number of hydrogen-bond acceptors (Lipinski definition) is 3. The monoisotopic (exact) mass is 456 g/mol. The van der Waals surface area contributed by atoms with Crippen molar-refractivity contribution in [1.82, 2.24) is 10.6 Å². The average Bonchev–Trinajstić information content (AvgIpc) is 3.08. The summed E-state index contributed by atoms with van der Waals surface area (Å²) in [5.41, 5.74) is 5.42. The van der Waals surface area contributed by atoms with Gasteiger partial charge in [0.15, 0.2) is 5.96 Å². The minimum absolute atomic E-state index is 0. The van der Waals surface area contributed by atoms with Crippen molar-refractivity contribution < 1.29 is 0 Å². The number of hydrogen-bond donors (Lipinski definition) is 2. The molecule has 0 amide bonds. The van der Waals surface area contributed by atoms with E-state index in [0.717, 1.165) is 25.6 Å². The van der Waals surface area contributed by atoms with Crippen molar-refractivity contribution in [2.45, 2.75) is 25.9 Å². The summed E-state index contributed by atoms with van der Waals surface area (Å²) in [6, 6.07) is 8.90. The van der Waals surface area contributed by atoms with Gasteiger partial charge in [0, 0.05) is 39.4 Å². The van der Waals surface area contributed by atoms with E-state index in [1.165, 1.54) is 35.2 Å². The number of nitrogens with zero attached hydrogens (tertiary/aromatic N) is 2. The first-order chi connectivity index (χ1) is 11.3. The molecule has 6 heteroatoms. The van der Waals surface area contributed by atoms with Crippen LogP contribution in [0.2, 0.25) is 0 Å². The fourth-order valence-electron chi connectivity index (χ4n) is 2.93. The highest BCUT2D eigenvalue weighted by molar-refractivity contribution is 14.0. The van der Waals surface area contributed by atoms with Crippen molar-refractivity contribution >= 4 is 47.0 Å². The number of rotatable bonds is 4. The summed E-state index contributed by atoms with van der Waals surface area (Å²) in [6.07, 6.45) is 2.42. The molecule has 1 aliphatic heterocycles. The van der Waals surface area contributed by atoms with Gasteiger partial charge in [-0.3, -0.25) is 4.99 Å². The Kier molecular flexibility index (Phi) is 7.36. The van der Waals surface area contributed by atoms with E-state index in [1.54, 1.807) is 11.3 Å². The minimum Gasteiger partial charge on any atom is -0.374 e. The van der Waals surface area contributed by atoms with Crippen molar-refractivity contribution in [3.8, 4) is 0 Å². The van der Waals surface area contributed by atoms with Gasteiger partial charge in [0.25, 0.3) is 0 Å². The number of aryl methyl sites for hydroxylation is 1. The Labute approximate surface area is 165 Å². The summed E-state index contributed by atoms with van der Waals surface area (Å²) in [6.45, 7) is 2.75. The van der Waals surface area contributed by atoms with Crippen LogP contribution < -0.4 is 15.5 Å². The Morgan fingerprint density at radius 1 is 1.21 bits per heavy atom. The molecule has 0 bridgehead atoms. The van der Waals surface area contributed by atoms with Crippen LogP contribution in [0, 0.1) is 0 Å². The fourth-order valence-corrected chi connectivity index (χ4v) is 3.60. The van der Waals surface area contributed by atoms with Crippen LogP contribution in [-0.4, -0.2) is 26.6 Å². The lowest BCUT2D eigenvalue weighted by molar-refractivity contribution is 0.740. The second-order valence-corrected chi connectivity index (χ2v) is 6.68. The quantitative estimate of drug-likeness (QED) is 0.420. The van der Waals surface area contributed by atoms with Crippen LogP contribution in [0.4, 0.5) is 5.69 Å². The van der Waals surface area contributed by atoms with Gasteiger partial charge in [0.1, 0.15) is 0 Å². The highest BCUT2D eigenvalue weighted by Crippen LogP contribution is 2.26. The largest absolute Gasteiger partial charge is 0.374 e. The van der Waals surface area contributed by atoms with Gasteiger partial charge in [-0.2, -0.15) is 11.3 Å². The van der Waals surface area contributed by atoms with Gasteiger partial charge in [0.05, 0.1) is 0 Å². The zero-order chi connectivity index (χ0) is 16.1. The third-order valence-electron chi connectivity index (χ3n) is 4.22. The van der Waals surface area contributed by atoms with Crippen LogP contribution in [0.1, 0.15) is 23.1 Å². The van der Waals surface area contributed by atoms with Gasteiger partial charge in [-0.05, 0) is 52.4 Å². The molecule has 2 aromatic rings. The molecule has 1 aromatic heterocycles. The smallest absolute Gasteiger partial charge is 0.191 e. The first kappa shape index (κ1) is 19.1. The fraction of sp³-hybridized carbons (Fsp3) is 0.389. The SMILES string of the molecule is CN=C(NCc1ccsc1)NCc1ccc2c(c1)CCCN2C.I. The maximum Gasteiger partial charge on any atom is 0.191 e. The molecule has 1 aliphatic rings. The first-order valence-corrected chi connectivity index (χ1v) is 8.99. The maximum absolute atomic E-state index is 4.29. The molecular weight excluding hydrogens is 431 g/mol. The molecule has 0 aliphatic carbocycles. The lowest BCUT2D eigenvalue weighted by Crippen LogP contribution is -2.36. The van der Waals surface area contributed by atoms with Crippen LogP contribution in [0.5, 0.6) is 0 Å². The minimum atomic E-state index is 0. The molecule has 0 radical (unpaired) electrons. The summed E-state index contributed by atoms with van der Waals surface area (Å²) in [5.74, 6) is 0.839. The first-order valence-electron chi connectivity index (χ1n) is 8.05. The summed E-state index contributed by atoms with van der Waals surface area (Å²) in [7, 11) is 3.98. The van der Waals surface area contributed by atoms with Gasteiger partial charge >= 0.3 is 0 Å². The predicted octanol–water partition coefficient (Wildman–Crippen LogP) is 3.61. The molecule has 0 unspecified atom stereocenters. The summed E-state index contributed by atoms with van der Waals surface area (Å²) < 4.78 is 0. The number of aliphatic imine (C=N–C) groups is 1. The number of guanidine groups is 1. The van der Waals surface area contributed by atoms with E-state index in [2.05, 4.69) is 62.6 Å². The molecule has 0 spiro atoms. The lowest BCUT2D eigenvalue weighted by atomic mass is 9.99. The van der Waals surface area contributed by atoms with E-state index in [1.807, 2.05) is 7.05 Å². The zero-order valence-corrected chi connectivity index (χ0v) is 17.4. The van der Waals surface area contributed by atoms with Crippen molar-refractivity contribution in [3.63, 3.8) is 0 Å². The molecular formula is C18H25IN4S. The van der Waals surface area contributed by atoms with E-state index < -0.39 is 0 Å². The van der Waals surface area contributed by atoms with E-state index in [9.17, 15) is 0 Å². The molecule has 2 heterocycles. The zero-order valence-electron chi connectivity index (χ0n) is 14.2. The van der Waals surface area contributed by atoms with E-state index >= 15 is 0 Å². The second kappa shape index (κ2) is 9.27. The van der Waals surface area contributed by atoms with Gasteiger partial charge in [-0.25, -0.2) is 0 Å². The van der Waals surface area contributed by atoms with Gasteiger partial charge in [-0.15, -0.1) is 24.0 Å². The molecule has 0 saturated heterocycles. The Balaban J connectivity index is 0.00000208. The standard InChI is InChI=1S/C18H24N4S.HI/c1-19-18(21-12-15-7-9-23-13-15)20-11-14-5-6-17-16(10-14)4-3-8-22(17)2;/h5-7,9-10,13H,3-4,8,11-12H2,1-2H3,(H2,19,20,21);1H. The third-order valence-corrected chi connectivity index (χ3v) is 4.95. The lowest BCUT2D eigenvalue weighted by Gasteiger charge is -2.28. The second-order valence-electron chi connectivity index (χ2n) is 5.90. The van der Waals surface area contributed by atoms with E-state index in [4.69, 9.17) is 0 Å². The number of halogens is 1. The van der Waals surface area contributed by atoms with Gasteiger partial charge < -0.3 is 15.5 Å². The van der Waals surface area contributed by atoms with E-state index in [0.29, 0.717) is 0 Å². The number of anilines is 1. The summed E-state index contributed by atoms with van der Waals surface area (Å²) in [5, 5.41) is 11.0. The molecule has 130 valence electrons. The Bertz CT molecular complexity index is 670. The van der Waals surface area contributed by atoms with Crippen molar-refractivity contribution in [2.75, 3.05) is 25.5 Å². The highest BCUT2D eigenvalue weighted by Gasteiger charge is 2.13. The molecule has 3 rings (SSSR count). The molecule has 1 aromatic carbocycles. The maximum atomic E-state index is 4.29. The molecule has 0 saturated carbocycles. The molecule has 0 fully saturated rings. The number of thiophene rings is 1. The van der Waals surface area contributed by atoms with Crippen molar-refractivity contribution in [1.29, 1.82) is 0 Å². The normalized spacial score (nSPS) is 13.9. The van der Waals surface area contributed by atoms with Crippen molar-refractivity contribution in [3.05, 3.63) is 51.7 Å². The van der Waals surface area contributed by atoms with Crippen LogP contribution in [0.25, 0.3) is 0 Å². The molecule has 4 nitrogen and oxygen atoms in total. The third kappa shape index (κ3) is 4.86. The van der Waals surface area contributed by atoms with Gasteiger partial charge in [0.2, 0.25) is 0 Å².